The fourth-order valence-electron chi connectivity index (χ4n) is 6.66. The number of rotatable bonds is 2. The standard InChI is InChI=1S/C33H36O11/c34-15-25-29(38)31(40)27(36)23(43-25)7-3-17-1-5-19-20-6-2-18(4-8-24-28(37)32(41)30(39)26(16-35)44-24)14-22(20)33(21(19)13-17)9-11-42-12-10-33/h1-2,5-6,13-14,23-32,34-41H,9-12,15-16H2/t23?,24?,25?,26?,27-,28?,29-,30-,31-,32?/m1/s1. The van der Waals surface area contributed by atoms with Gasteiger partial charge in [-0.1, -0.05) is 35.8 Å². The first-order valence-electron chi connectivity index (χ1n) is 14.7. The van der Waals surface area contributed by atoms with Crippen molar-refractivity contribution in [1.29, 1.82) is 0 Å². The van der Waals surface area contributed by atoms with Gasteiger partial charge in [0, 0.05) is 29.8 Å². The van der Waals surface area contributed by atoms with E-state index in [1.807, 2.05) is 36.4 Å². The van der Waals surface area contributed by atoms with E-state index in [1.54, 1.807) is 0 Å². The zero-order valence-electron chi connectivity index (χ0n) is 23.8. The highest BCUT2D eigenvalue weighted by atomic mass is 16.5. The number of aliphatic hydroxyl groups is 8. The highest BCUT2D eigenvalue weighted by Crippen LogP contribution is 2.54. The summed E-state index contributed by atoms with van der Waals surface area (Å²) in [6.45, 7) is 0.0558. The Balaban J connectivity index is 1.31. The lowest BCUT2D eigenvalue weighted by Crippen LogP contribution is -2.58. The van der Waals surface area contributed by atoms with E-state index in [0.29, 0.717) is 24.3 Å². The molecule has 3 aliphatic heterocycles. The van der Waals surface area contributed by atoms with E-state index in [1.165, 1.54) is 0 Å². The lowest BCUT2D eigenvalue weighted by molar-refractivity contribution is -0.214. The highest BCUT2D eigenvalue weighted by Gasteiger charge is 2.46. The molecule has 8 N–H and O–H groups in total. The van der Waals surface area contributed by atoms with E-state index >= 15 is 0 Å². The monoisotopic (exact) mass is 608 g/mol. The number of aliphatic hydroxyl groups excluding tert-OH is 8. The van der Waals surface area contributed by atoms with Gasteiger partial charge in [-0.15, -0.1) is 0 Å². The van der Waals surface area contributed by atoms with Crippen LogP contribution in [0, 0.1) is 23.7 Å². The molecule has 234 valence electrons. The van der Waals surface area contributed by atoms with Crippen LogP contribution in [-0.4, -0.2) is 128 Å². The molecule has 3 saturated heterocycles. The van der Waals surface area contributed by atoms with Crippen molar-refractivity contribution in [2.24, 2.45) is 0 Å². The van der Waals surface area contributed by atoms with Gasteiger partial charge in [0.25, 0.3) is 0 Å². The summed E-state index contributed by atoms with van der Waals surface area (Å²) in [5.74, 6) is 11.8. The van der Waals surface area contributed by atoms with Crippen LogP contribution in [0.15, 0.2) is 36.4 Å². The minimum atomic E-state index is -1.50. The first kappa shape index (κ1) is 31.1. The van der Waals surface area contributed by atoms with E-state index in [-0.39, 0.29) is 5.41 Å². The maximum Gasteiger partial charge on any atom is 0.147 e. The Labute approximate surface area is 254 Å². The summed E-state index contributed by atoms with van der Waals surface area (Å²) in [5, 5.41) is 80.1. The van der Waals surface area contributed by atoms with Crippen molar-refractivity contribution in [1.82, 2.24) is 0 Å². The second kappa shape index (κ2) is 12.5. The van der Waals surface area contributed by atoms with Gasteiger partial charge in [-0.2, -0.15) is 0 Å². The molecule has 0 aromatic heterocycles. The predicted molar refractivity (Wildman–Crippen MR) is 154 cm³/mol. The average molecular weight is 609 g/mol. The Morgan fingerprint density at radius 2 is 1.05 bits per heavy atom. The molecule has 4 aliphatic rings. The molecule has 10 atom stereocenters. The Bertz CT molecular complexity index is 1390. The van der Waals surface area contributed by atoms with Gasteiger partial charge in [0.15, 0.2) is 0 Å². The molecule has 0 saturated carbocycles. The van der Waals surface area contributed by atoms with Crippen molar-refractivity contribution in [3.05, 3.63) is 58.7 Å². The molecule has 1 aliphatic carbocycles. The van der Waals surface area contributed by atoms with Gasteiger partial charge in [0.05, 0.1) is 13.2 Å². The highest BCUT2D eigenvalue weighted by molar-refractivity contribution is 5.82. The van der Waals surface area contributed by atoms with Crippen LogP contribution in [0.25, 0.3) is 11.1 Å². The van der Waals surface area contributed by atoms with Gasteiger partial charge in [0.2, 0.25) is 0 Å². The smallest absolute Gasteiger partial charge is 0.147 e. The van der Waals surface area contributed by atoms with Gasteiger partial charge in [-0.05, 0) is 59.4 Å². The Kier molecular flexibility index (Phi) is 8.83. The number of fused-ring (bicyclic) bond motifs is 5. The fourth-order valence-corrected chi connectivity index (χ4v) is 6.66. The molecule has 6 unspecified atom stereocenters. The molecule has 1 spiro atoms. The van der Waals surface area contributed by atoms with Gasteiger partial charge in [-0.25, -0.2) is 0 Å². The number of ether oxygens (including phenoxy) is 3. The minimum Gasteiger partial charge on any atom is -0.394 e. The third kappa shape index (κ3) is 5.35. The SMILES string of the molecule is OCC1OC(C#Cc2ccc3c(c2)C2(CCOCC2)c2cc(C#CC4OC(CO)[C@@H](O)[C@H](O)[C@@H]4O)ccc2-3)C(O)C(O)[C@@H]1O. The molecule has 2 aromatic rings. The fraction of sp³-hybridized carbons (Fsp3) is 0.515. The molecular formula is C33H36O11. The molecule has 3 heterocycles. The summed E-state index contributed by atoms with van der Waals surface area (Å²) in [4.78, 5) is 0. The van der Waals surface area contributed by atoms with Crippen LogP contribution in [0.2, 0.25) is 0 Å². The van der Waals surface area contributed by atoms with Crippen molar-refractivity contribution in [2.45, 2.75) is 79.3 Å². The Morgan fingerprint density at radius 1 is 0.614 bits per heavy atom. The Hall–Kier alpha value is -2.88. The topological polar surface area (TPSA) is 190 Å². The predicted octanol–water partition coefficient (Wildman–Crippen LogP) is -1.85. The van der Waals surface area contributed by atoms with Crippen molar-refractivity contribution in [3.8, 4) is 34.8 Å². The normalized spacial score (nSPS) is 35.5. The van der Waals surface area contributed by atoms with Crippen molar-refractivity contribution >= 4 is 0 Å². The zero-order chi connectivity index (χ0) is 31.2. The molecule has 0 bridgehead atoms. The van der Waals surface area contributed by atoms with E-state index < -0.39 is 74.3 Å². The summed E-state index contributed by atoms with van der Waals surface area (Å²) < 4.78 is 16.8. The first-order valence-corrected chi connectivity index (χ1v) is 14.7. The van der Waals surface area contributed by atoms with Crippen LogP contribution in [0.1, 0.15) is 35.1 Å². The van der Waals surface area contributed by atoms with Gasteiger partial charge in [-0.3, -0.25) is 0 Å². The quantitative estimate of drug-likeness (QED) is 0.179. The van der Waals surface area contributed by atoms with Crippen molar-refractivity contribution < 1.29 is 55.1 Å². The maximum atomic E-state index is 10.4. The zero-order valence-corrected chi connectivity index (χ0v) is 23.8. The summed E-state index contributed by atoms with van der Waals surface area (Å²) in [7, 11) is 0. The van der Waals surface area contributed by atoms with Gasteiger partial charge >= 0.3 is 0 Å². The third-order valence-corrected chi connectivity index (χ3v) is 9.21. The largest absolute Gasteiger partial charge is 0.394 e. The number of hydrogen-bond acceptors (Lipinski definition) is 11. The van der Waals surface area contributed by atoms with E-state index in [0.717, 1.165) is 35.1 Å². The molecule has 44 heavy (non-hydrogen) atoms. The van der Waals surface area contributed by atoms with Crippen LogP contribution in [-0.2, 0) is 19.6 Å². The van der Waals surface area contributed by atoms with E-state index in [9.17, 15) is 40.9 Å². The summed E-state index contributed by atoms with van der Waals surface area (Å²) in [6.07, 6.45) is -11.6. The van der Waals surface area contributed by atoms with Crippen LogP contribution in [0.4, 0.5) is 0 Å². The maximum absolute atomic E-state index is 10.4. The van der Waals surface area contributed by atoms with Crippen LogP contribution in [0.3, 0.4) is 0 Å². The second-order valence-electron chi connectivity index (χ2n) is 11.8. The lowest BCUT2D eigenvalue weighted by atomic mass is 9.72. The molecule has 11 nitrogen and oxygen atoms in total. The number of benzene rings is 2. The van der Waals surface area contributed by atoms with Crippen molar-refractivity contribution in [2.75, 3.05) is 26.4 Å². The molecular weight excluding hydrogens is 572 g/mol. The molecule has 3 fully saturated rings. The first-order chi connectivity index (χ1) is 21.2. The van der Waals surface area contributed by atoms with Crippen LogP contribution >= 0.6 is 0 Å². The Morgan fingerprint density at radius 3 is 1.45 bits per heavy atom. The summed E-state index contributed by atoms with van der Waals surface area (Å²) in [6, 6.07) is 11.7. The summed E-state index contributed by atoms with van der Waals surface area (Å²) in [5.41, 5.74) is 5.22. The molecule has 11 heteroatoms. The molecule has 2 aromatic carbocycles. The average Bonchev–Trinajstić information content (AvgIpc) is 3.29. The van der Waals surface area contributed by atoms with Gasteiger partial charge < -0.3 is 55.1 Å². The van der Waals surface area contributed by atoms with Crippen LogP contribution < -0.4 is 0 Å². The molecule has 0 amide bonds. The second-order valence-corrected chi connectivity index (χ2v) is 11.8. The van der Waals surface area contributed by atoms with E-state index in [2.05, 4.69) is 23.7 Å². The van der Waals surface area contributed by atoms with Crippen molar-refractivity contribution in [3.63, 3.8) is 0 Å². The molecule has 0 radical (unpaired) electrons. The van der Waals surface area contributed by atoms with Gasteiger partial charge in [0.1, 0.15) is 61.0 Å². The third-order valence-electron chi connectivity index (χ3n) is 9.21. The lowest BCUT2D eigenvalue weighted by Gasteiger charge is -2.37. The minimum absolute atomic E-state index is 0.370. The van der Waals surface area contributed by atoms with E-state index in [4.69, 9.17) is 14.2 Å². The van der Waals surface area contributed by atoms with Crippen LogP contribution in [0.5, 0.6) is 0 Å². The summed E-state index contributed by atoms with van der Waals surface area (Å²) >= 11 is 0. The molecule has 6 rings (SSSR count). The number of hydrogen-bond donors (Lipinski definition) is 8.